The third-order valence-corrected chi connectivity index (χ3v) is 4.86. The fourth-order valence-corrected chi connectivity index (χ4v) is 3.75. The first-order valence-electron chi connectivity index (χ1n) is 6.25. The van der Waals surface area contributed by atoms with E-state index in [1.54, 1.807) is 24.3 Å². The van der Waals surface area contributed by atoms with Gasteiger partial charge in [-0.25, -0.2) is 13.2 Å². The number of urea groups is 1. The first kappa shape index (κ1) is 14.5. The van der Waals surface area contributed by atoms with Crippen LogP contribution >= 0.6 is 0 Å². The van der Waals surface area contributed by atoms with Crippen LogP contribution in [-0.4, -0.2) is 37.8 Å². The molecule has 1 heterocycles. The average Bonchev–Trinajstić information content (AvgIpc) is 2.68. The fraction of sp³-hybridized carbons (Fsp3) is 0.385. The van der Waals surface area contributed by atoms with Gasteiger partial charge in [-0.2, -0.15) is 0 Å². The molecule has 1 fully saturated rings. The average molecular weight is 296 g/mol. The Bertz CT molecular complexity index is 640. The highest BCUT2D eigenvalue weighted by molar-refractivity contribution is 7.91. The van der Waals surface area contributed by atoms with Crippen molar-refractivity contribution < 1.29 is 18.0 Å². The summed E-state index contributed by atoms with van der Waals surface area (Å²) < 4.78 is 22.6. The number of carbonyl (C=O) groups excluding carboxylic acids is 2. The number of ketones is 1. The molecule has 2 rings (SSSR count). The van der Waals surface area contributed by atoms with Gasteiger partial charge in [0.05, 0.1) is 11.5 Å². The minimum Gasteiger partial charge on any atom is -0.334 e. The molecule has 20 heavy (non-hydrogen) atoms. The number of benzene rings is 1. The lowest BCUT2D eigenvalue weighted by molar-refractivity contribution is 0.101. The maximum Gasteiger partial charge on any atom is 0.319 e. The fourth-order valence-electron chi connectivity index (χ4n) is 2.08. The van der Waals surface area contributed by atoms with E-state index in [1.807, 2.05) is 0 Å². The molecule has 1 aromatic rings. The van der Waals surface area contributed by atoms with E-state index >= 15 is 0 Å². The normalized spacial score (nSPS) is 20.4. The largest absolute Gasteiger partial charge is 0.334 e. The minimum atomic E-state index is -3.02. The van der Waals surface area contributed by atoms with Gasteiger partial charge >= 0.3 is 6.03 Å². The van der Waals surface area contributed by atoms with E-state index in [0.29, 0.717) is 17.7 Å². The SMILES string of the molecule is CC(=O)c1cccc(NC(=O)N[C@H]2CCS(=O)(=O)C2)c1. The Morgan fingerprint density at radius 1 is 1.30 bits per heavy atom. The van der Waals surface area contributed by atoms with Gasteiger partial charge in [0, 0.05) is 17.3 Å². The van der Waals surface area contributed by atoms with Gasteiger partial charge in [0.25, 0.3) is 0 Å². The van der Waals surface area contributed by atoms with E-state index < -0.39 is 15.9 Å². The molecule has 2 N–H and O–H groups in total. The first-order chi connectivity index (χ1) is 9.35. The number of Topliss-reactive ketones (excluding diaryl/α,β-unsaturated/α-hetero) is 1. The van der Waals surface area contributed by atoms with Crippen molar-refractivity contribution in [3.05, 3.63) is 29.8 Å². The molecule has 2 amide bonds. The van der Waals surface area contributed by atoms with Crippen molar-refractivity contribution in [1.82, 2.24) is 5.32 Å². The summed E-state index contributed by atoms with van der Waals surface area (Å²) in [5.74, 6) is 0.00187. The number of sulfone groups is 1. The summed E-state index contributed by atoms with van der Waals surface area (Å²) >= 11 is 0. The Kier molecular flexibility index (Phi) is 4.08. The number of amides is 2. The van der Waals surface area contributed by atoms with Crippen LogP contribution in [0.15, 0.2) is 24.3 Å². The molecule has 0 unspecified atom stereocenters. The molecule has 108 valence electrons. The zero-order valence-electron chi connectivity index (χ0n) is 11.0. The van der Waals surface area contributed by atoms with Gasteiger partial charge in [-0.15, -0.1) is 0 Å². The van der Waals surface area contributed by atoms with Crippen molar-refractivity contribution in [3.63, 3.8) is 0 Å². The molecule has 0 bridgehead atoms. The molecular weight excluding hydrogens is 280 g/mol. The van der Waals surface area contributed by atoms with Gasteiger partial charge in [-0.05, 0) is 25.5 Å². The van der Waals surface area contributed by atoms with Crippen LogP contribution < -0.4 is 10.6 Å². The smallest absolute Gasteiger partial charge is 0.319 e. The summed E-state index contributed by atoms with van der Waals surface area (Å²) in [5, 5.41) is 5.21. The molecule has 0 saturated carbocycles. The summed E-state index contributed by atoms with van der Waals surface area (Å²) in [7, 11) is -3.02. The zero-order valence-corrected chi connectivity index (χ0v) is 11.9. The third-order valence-electron chi connectivity index (χ3n) is 3.09. The predicted octanol–water partition coefficient (Wildman–Crippen LogP) is 1.20. The van der Waals surface area contributed by atoms with E-state index in [-0.39, 0.29) is 23.3 Å². The van der Waals surface area contributed by atoms with Crippen molar-refractivity contribution in [1.29, 1.82) is 0 Å². The summed E-state index contributed by atoms with van der Waals surface area (Å²) in [6.45, 7) is 1.45. The van der Waals surface area contributed by atoms with Gasteiger partial charge in [0.2, 0.25) is 0 Å². The van der Waals surface area contributed by atoms with Crippen molar-refractivity contribution in [2.45, 2.75) is 19.4 Å². The van der Waals surface area contributed by atoms with Crippen LogP contribution in [0.2, 0.25) is 0 Å². The summed E-state index contributed by atoms with van der Waals surface area (Å²) in [6, 6.07) is 5.76. The molecule has 7 heteroatoms. The van der Waals surface area contributed by atoms with Crippen LogP contribution in [0.25, 0.3) is 0 Å². The van der Waals surface area contributed by atoms with Crippen molar-refractivity contribution in [2.24, 2.45) is 0 Å². The molecule has 0 aromatic heterocycles. The van der Waals surface area contributed by atoms with Crippen LogP contribution in [0.4, 0.5) is 10.5 Å². The molecule has 1 saturated heterocycles. The zero-order chi connectivity index (χ0) is 14.8. The van der Waals surface area contributed by atoms with Crippen molar-refractivity contribution >= 4 is 27.3 Å². The van der Waals surface area contributed by atoms with Gasteiger partial charge in [-0.1, -0.05) is 12.1 Å². The number of nitrogens with one attached hydrogen (secondary N) is 2. The predicted molar refractivity (Wildman–Crippen MR) is 75.7 cm³/mol. The lowest BCUT2D eigenvalue weighted by atomic mass is 10.1. The van der Waals surface area contributed by atoms with Gasteiger partial charge in [0.1, 0.15) is 0 Å². The first-order valence-corrected chi connectivity index (χ1v) is 8.07. The molecule has 0 aliphatic carbocycles. The van der Waals surface area contributed by atoms with E-state index in [4.69, 9.17) is 0 Å². The van der Waals surface area contributed by atoms with Crippen LogP contribution in [0.5, 0.6) is 0 Å². The quantitative estimate of drug-likeness (QED) is 0.820. The number of rotatable bonds is 3. The Labute approximate surface area is 117 Å². The lowest BCUT2D eigenvalue weighted by Crippen LogP contribution is -2.38. The molecular formula is C13H16N2O4S. The van der Waals surface area contributed by atoms with Gasteiger partial charge < -0.3 is 10.6 Å². The van der Waals surface area contributed by atoms with E-state index in [0.717, 1.165) is 0 Å². The van der Waals surface area contributed by atoms with Gasteiger partial charge in [0.15, 0.2) is 15.6 Å². The van der Waals surface area contributed by atoms with E-state index in [2.05, 4.69) is 10.6 Å². The van der Waals surface area contributed by atoms with Crippen LogP contribution in [0.3, 0.4) is 0 Å². The maximum atomic E-state index is 11.8. The van der Waals surface area contributed by atoms with Crippen LogP contribution in [-0.2, 0) is 9.84 Å². The lowest BCUT2D eigenvalue weighted by Gasteiger charge is -2.12. The highest BCUT2D eigenvalue weighted by Crippen LogP contribution is 2.13. The maximum absolute atomic E-state index is 11.8. The second kappa shape index (κ2) is 5.62. The van der Waals surface area contributed by atoms with Crippen LogP contribution in [0.1, 0.15) is 23.7 Å². The second-order valence-electron chi connectivity index (χ2n) is 4.84. The van der Waals surface area contributed by atoms with Crippen molar-refractivity contribution in [2.75, 3.05) is 16.8 Å². The minimum absolute atomic E-state index is 0.0199. The summed E-state index contributed by atoms with van der Waals surface area (Å²) in [6.07, 6.45) is 0.434. The highest BCUT2D eigenvalue weighted by atomic mass is 32.2. The Morgan fingerprint density at radius 3 is 2.65 bits per heavy atom. The van der Waals surface area contributed by atoms with Crippen molar-refractivity contribution in [3.8, 4) is 0 Å². The summed E-state index contributed by atoms with van der Waals surface area (Å²) in [4.78, 5) is 23.0. The molecule has 1 aromatic carbocycles. The Hall–Kier alpha value is -1.89. The van der Waals surface area contributed by atoms with Gasteiger partial charge in [-0.3, -0.25) is 4.79 Å². The Morgan fingerprint density at radius 2 is 2.05 bits per heavy atom. The molecule has 0 spiro atoms. The number of anilines is 1. The topological polar surface area (TPSA) is 92.3 Å². The molecule has 1 aliphatic heterocycles. The van der Waals surface area contributed by atoms with E-state index in [1.165, 1.54) is 6.92 Å². The molecule has 1 atom stereocenters. The second-order valence-corrected chi connectivity index (χ2v) is 7.06. The number of hydrogen-bond donors (Lipinski definition) is 2. The number of hydrogen-bond acceptors (Lipinski definition) is 4. The van der Waals surface area contributed by atoms with Crippen LogP contribution in [0, 0.1) is 0 Å². The monoisotopic (exact) mass is 296 g/mol. The standard InChI is InChI=1S/C13H16N2O4S/c1-9(16)10-3-2-4-11(7-10)14-13(17)15-12-5-6-20(18,19)8-12/h2-4,7,12H,5-6,8H2,1H3,(H2,14,15,17)/t12-/m0/s1. The molecule has 1 aliphatic rings. The van der Waals surface area contributed by atoms with E-state index in [9.17, 15) is 18.0 Å². The number of carbonyl (C=O) groups is 2. The third kappa shape index (κ3) is 3.80. The highest BCUT2D eigenvalue weighted by Gasteiger charge is 2.28. The molecule has 0 radical (unpaired) electrons. The summed E-state index contributed by atoms with van der Waals surface area (Å²) in [5.41, 5.74) is 1.00. The molecule has 6 nitrogen and oxygen atoms in total. The Balaban J connectivity index is 1.95.